The van der Waals surface area contributed by atoms with E-state index in [4.69, 9.17) is 0 Å². The maximum atomic E-state index is 4.47. The lowest BCUT2D eigenvalue weighted by Gasteiger charge is -1.96. The van der Waals surface area contributed by atoms with E-state index >= 15 is 0 Å². The molecule has 17 heavy (non-hydrogen) atoms. The van der Waals surface area contributed by atoms with Gasteiger partial charge < -0.3 is 0 Å². The molecule has 0 N–H and O–H groups in total. The van der Waals surface area contributed by atoms with E-state index < -0.39 is 0 Å². The lowest BCUT2D eigenvalue weighted by molar-refractivity contribution is 0.765. The Balaban J connectivity index is 2.21. The summed E-state index contributed by atoms with van der Waals surface area (Å²) >= 11 is 3.50. The molecular formula is C13H10BrN3. The van der Waals surface area contributed by atoms with Gasteiger partial charge in [-0.15, -0.1) is 10.2 Å². The summed E-state index contributed by atoms with van der Waals surface area (Å²) in [7, 11) is 0. The van der Waals surface area contributed by atoms with Crippen LogP contribution in [0.1, 0.15) is 5.56 Å². The van der Waals surface area contributed by atoms with Gasteiger partial charge in [-0.1, -0.05) is 34.1 Å². The van der Waals surface area contributed by atoms with Gasteiger partial charge >= 0.3 is 0 Å². The zero-order valence-electron chi connectivity index (χ0n) is 9.26. The van der Waals surface area contributed by atoms with Crippen LogP contribution in [0.3, 0.4) is 0 Å². The Morgan fingerprint density at radius 2 is 1.65 bits per heavy atom. The second kappa shape index (κ2) is 3.96. The van der Waals surface area contributed by atoms with Gasteiger partial charge in [-0.05, 0) is 36.8 Å². The summed E-state index contributed by atoms with van der Waals surface area (Å²) in [5.74, 6) is 0. The molecule has 0 fully saturated rings. The fourth-order valence-electron chi connectivity index (χ4n) is 1.72. The van der Waals surface area contributed by atoms with Crippen molar-refractivity contribution >= 4 is 27.0 Å². The summed E-state index contributed by atoms with van der Waals surface area (Å²) < 4.78 is 1.06. The standard InChI is InChI=1S/C13H10BrN3/c1-9-7-12-13(8-11(9)14)16-17(15-12)10-5-3-2-4-6-10/h2-8H,1H3. The van der Waals surface area contributed by atoms with Crippen molar-refractivity contribution in [3.05, 3.63) is 52.5 Å². The molecule has 0 unspecified atom stereocenters. The first-order valence-corrected chi connectivity index (χ1v) is 6.12. The van der Waals surface area contributed by atoms with E-state index in [9.17, 15) is 0 Å². The highest BCUT2D eigenvalue weighted by atomic mass is 79.9. The maximum absolute atomic E-state index is 4.47. The lowest BCUT2D eigenvalue weighted by atomic mass is 10.2. The number of aromatic nitrogens is 3. The predicted octanol–water partition coefficient (Wildman–Crippen LogP) is 3.49. The van der Waals surface area contributed by atoms with Crippen molar-refractivity contribution in [1.82, 2.24) is 15.0 Å². The van der Waals surface area contributed by atoms with Crippen molar-refractivity contribution in [1.29, 1.82) is 0 Å². The summed E-state index contributed by atoms with van der Waals surface area (Å²) in [5.41, 5.74) is 3.94. The molecule has 0 saturated carbocycles. The van der Waals surface area contributed by atoms with Crippen LogP contribution in [0.25, 0.3) is 16.7 Å². The van der Waals surface area contributed by atoms with Crippen LogP contribution in [0.5, 0.6) is 0 Å². The van der Waals surface area contributed by atoms with Crippen molar-refractivity contribution in [2.75, 3.05) is 0 Å². The number of rotatable bonds is 1. The van der Waals surface area contributed by atoms with E-state index in [-0.39, 0.29) is 0 Å². The molecule has 0 atom stereocenters. The summed E-state index contributed by atoms with van der Waals surface area (Å²) in [6.45, 7) is 2.05. The number of hydrogen-bond acceptors (Lipinski definition) is 2. The van der Waals surface area contributed by atoms with E-state index in [1.807, 2.05) is 49.4 Å². The van der Waals surface area contributed by atoms with Gasteiger partial charge in [0.1, 0.15) is 11.0 Å². The number of fused-ring (bicyclic) bond motifs is 1. The van der Waals surface area contributed by atoms with E-state index in [0.717, 1.165) is 26.8 Å². The lowest BCUT2D eigenvalue weighted by Crippen LogP contribution is -1.97. The summed E-state index contributed by atoms with van der Waals surface area (Å²) in [4.78, 5) is 1.66. The van der Waals surface area contributed by atoms with Crippen LogP contribution in [0, 0.1) is 6.92 Å². The molecule has 84 valence electrons. The largest absolute Gasteiger partial charge is 0.150 e. The molecule has 3 aromatic rings. The average Bonchev–Trinajstić information content (AvgIpc) is 2.74. The van der Waals surface area contributed by atoms with E-state index in [1.54, 1.807) is 4.80 Å². The molecular weight excluding hydrogens is 278 g/mol. The molecule has 0 spiro atoms. The van der Waals surface area contributed by atoms with Gasteiger partial charge in [-0.2, -0.15) is 4.80 Å². The Kier molecular flexibility index (Phi) is 2.44. The minimum Gasteiger partial charge on any atom is -0.150 e. The SMILES string of the molecule is Cc1cc2nn(-c3ccccc3)nc2cc1Br. The number of halogens is 1. The predicted molar refractivity (Wildman–Crippen MR) is 71.3 cm³/mol. The van der Waals surface area contributed by atoms with Gasteiger partial charge in [0, 0.05) is 4.47 Å². The van der Waals surface area contributed by atoms with Crippen molar-refractivity contribution in [2.45, 2.75) is 6.92 Å². The van der Waals surface area contributed by atoms with Gasteiger partial charge in [-0.3, -0.25) is 0 Å². The zero-order chi connectivity index (χ0) is 11.8. The third-order valence-corrected chi connectivity index (χ3v) is 3.50. The highest BCUT2D eigenvalue weighted by molar-refractivity contribution is 9.10. The topological polar surface area (TPSA) is 30.7 Å². The van der Waals surface area contributed by atoms with Gasteiger partial charge in [0.25, 0.3) is 0 Å². The van der Waals surface area contributed by atoms with Crippen LogP contribution >= 0.6 is 15.9 Å². The van der Waals surface area contributed by atoms with E-state index in [1.165, 1.54) is 0 Å². The van der Waals surface area contributed by atoms with E-state index in [2.05, 4.69) is 26.1 Å². The molecule has 0 saturated heterocycles. The van der Waals surface area contributed by atoms with Crippen molar-refractivity contribution in [2.24, 2.45) is 0 Å². The molecule has 0 aliphatic rings. The third-order valence-electron chi connectivity index (χ3n) is 2.65. The Hall–Kier alpha value is -1.68. The Bertz CT molecular complexity index is 635. The first-order chi connectivity index (χ1) is 8.24. The van der Waals surface area contributed by atoms with Gasteiger partial charge in [0.05, 0.1) is 5.69 Å². The summed E-state index contributed by atoms with van der Waals surface area (Å²) in [6, 6.07) is 13.9. The van der Waals surface area contributed by atoms with Crippen LogP contribution in [0.4, 0.5) is 0 Å². The summed E-state index contributed by atoms with van der Waals surface area (Å²) in [5, 5.41) is 8.93. The van der Waals surface area contributed by atoms with Crippen LogP contribution in [-0.2, 0) is 0 Å². The zero-order valence-corrected chi connectivity index (χ0v) is 10.8. The van der Waals surface area contributed by atoms with Crippen molar-refractivity contribution in [3.8, 4) is 5.69 Å². The highest BCUT2D eigenvalue weighted by Gasteiger charge is 2.06. The average molecular weight is 288 g/mol. The van der Waals surface area contributed by atoms with Gasteiger partial charge in [0.2, 0.25) is 0 Å². The van der Waals surface area contributed by atoms with Crippen LogP contribution in [-0.4, -0.2) is 15.0 Å². The second-order valence-corrected chi connectivity index (χ2v) is 4.77. The fraction of sp³-hybridized carbons (Fsp3) is 0.0769. The van der Waals surface area contributed by atoms with Crippen LogP contribution < -0.4 is 0 Å². The first kappa shape index (κ1) is 10.5. The van der Waals surface area contributed by atoms with Crippen molar-refractivity contribution in [3.63, 3.8) is 0 Å². The monoisotopic (exact) mass is 287 g/mol. The molecule has 0 amide bonds. The quantitative estimate of drug-likeness (QED) is 0.686. The highest BCUT2D eigenvalue weighted by Crippen LogP contribution is 2.22. The molecule has 1 heterocycles. The van der Waals surface area contributed by atoms with Crippen LogP contribution in [0.2, 0.25) is 0 Å². The molecule has 0 aliphatic carbocycles. The smallest absolute Gasteiger partial charge is 0.114 e. The van der Waals surface area contributed by atoms with Crippen molar-refractivity contribution < 1.29 is 0 Å². The molecule has 3 nitrogen and oxygen atoms in total. The minimum atomic E-state index is 0.895. The number of nitrogens with zero attached hydrogens (tertiary/aromatic N) is 3. The Morgan fingerprint density at radius 3 is 2.35 bits per heavy atom. The number of aryl methyl sites for hydroxylation is 1. The van der Waals surface area contributed by atoms with Gasteiger partial charge in [0.15, 0.2) is 0 Å². The van der Waals surface area contributed by atoms with E-state index in [0.29, 0.717) is 0 Å². The Morgan fingerprint density at radius 1 is 1.00 bits per heavy atom. The summed E-state index contributed by atoms with van der Waals surface area (Å²) in [6.07, 6.45) is 0. The number of para-hydroxylation sites is 1. The van der Waals surface area contributed by atoms with Crippen LogP contribution in [0.15, 0.2) is 46.9 Å². The molecule has 0 radical (unpaired) electrons. The molecule has 1 aromatic heterocycles. The normalized spacial score (nSPS) is 10.9. The minimum absolute atomic E-state index is 0.895. The third kappa shape index (κ3) is 1.85. The molecule has 3 rings (SSSR count). The Labute approximate surface area is 107 Å². The molecule has 0 aliphatic heterocycles. The molecule has 0 bridgehead atoms. The second-order valence-electron chi connectivity index (χ2n) is 3.92. The number of benzene rings is 2. The number of hydrogen-bond donors (Lipinski definition) is 0. The first-order valence-electron chi connectivity index (χ1n) is 5.33. The fourth-order valence-corrected chi connectivity index (χ4v) is 2.05. The molecule has 4 heteroatoms. The van der Waals surface area contributed by atoms with Gasteiger partial charge in [-0.25, -0.2) is 0 Å². The molecule has 2 aromatic carbocycles. The maximum Gasteiger partial charge on any atom is 0.114 e.